The summed E-state index contributed by atoms with van der Waals surface area (Å²) >= 11 is 0. The number of nitrogens with zero attached hydrogens (tertiary/aromatic N) is 1. The molecule has 1 aliphatic carbocycles. The van der Waals surface area contributed by atoms with Crippen LogP contribution in [0.25, 0.3) is 0 Å². The SMILES string of the molecule is CCc1nc(OC)ccc1NC(=O)C1CCc2cccc(O)c21. The van der Waals surface area contributed by atoms with Gasteiger partial charge in [0.25, 0.3) is 0 Å². The lowest BCUT2D eigenvalue weighted by atomic mass is 9.99. The number of methoxy groups -OCH3 is 1. The highest BCUT2D eigenvalue weighted by Gasteiger charge is 2.31. The predicted molar refractivity (Wildman–Crippen MR) is 88.0 cm³/mol. The maximum Gasteiger partial charge on any atom is 0.232 e. The number of aromatic hydroxyl groups is 1. The first kappa shape index (κ1) is 15.3. The average Bonchev–Trinajstić information content (AvgIpc) is 3.00. The van der Waals surface area contributed by atoms with Crippen molar-refractivity contribution in [2.24, 2.45) is 0 Å². The molecule has 0 aliphatic heterocycles. The number of fused-ring (bicyclic) bond motifs is 1. The fourth-order valence-corrected chi connectivity index (χ4v) is 3.12. The highest BCUT2D eigenvalue weighted by atomic mass is 16.5. The summed E-state index contributed by atoms with van der Waals surface area (Å²) < 4.78 is 5.12. The third-order valence-electron chi connectivity index (χ3n) is 4.29. The number of amides is 1. The van der Waals surface area contributed by atoms with Crippen molar-refractivity contribution in [1.82, 2.24) is 4.98 Å². The summed E-state index contributed by atoms with van der Waals surface area (Å²) in [6, 6.07) is 8.96. The molecular formula is C18H20N2O3. The van der Waals surface area contributed by atoms with E-state index in [0.29, 0.717) is 24.4 Å². The smallest absolute Gasteiger partial charge is 0.232 e. The number of hydrogen-bond acceptors (Lipinski definition) is 4. The molecule has 23 heavy (non-hydrogen) atoms. The van der Waals surface area contributed by atoms with Gasteiger partial charge in [0.2, 0.25) is 11.8 Å². The maximum absolute atomic E-state index is 12.7. The van der Waals surface area contributed by atoms with E-state index < -0.39 is 0 Å². The van der Waals surface area contributed by atoms with E-state index in [9.17, 15) is 9.90 Å². The highest BCUT2D eigenvalue weighted by Crippen LogP contribution is 2.39. The summed E-state index contributed by atoms with van der Waals surface area (Å²) in [6.07, 6.45) is 2.21. The molecule has 1 atom stereocenters. The molecule has 120 valence electrons. The molecule has 0 saturated heterocycles. The van der Waals surface area contributed by atoms with Gasteiger partial charge < -0.3 is 15.2 Å². The fraction of sp³-hybridized carbons (Fsp3) is 0.333. The maximum atomic E-state index is 12.7. The predicted octanol–water partition coefficient (Wildman–Crippen LogP) is 3.03. The van der Waals surface area contributed by atoms with Crippen LogP contribution in [0.5, 0.6) is 11.6 Å². The van der Waals surface area contributed by atoms with Crippen LogP contribution in [0.2, 0.25) is 0 Å². The molecule has 5 heteroatoms. The molecule has 1 amide bonds. The molecular weight excluding hydrogens is 292 g/mol. The summed E-state index contributed by atoms with van der Waals surface area (Å²) in [5.41, 5.74) is 3.29. The summed E-state index contributed by atoms with van der Waals surface area (Å²) in [5, 5.41) is 13.0. The van der Waals surface area contributed by atoms with Crippen LogP contribution in [0.1, 0.15) is 36.1 Å². The minimum absolute atomic E-state index is 0.105. The van der Waals surface area contributed by atoms with Crippen LogP contribution in [-0.2, 0) is 17.6 Å². The Hall–Kier alpha value is -2.56. The van der Waals surface area contributed by atoms with Crippen molar-refractivity contribution in [2.45, 2.75) is 32.1 Å². The molecule has 0 saturated carbocycles. The molecule has 0 spiro atoms. The number of phenols is 1. The number of phenolic OH excluding ortho intramolecular Hbond substituents is 1. The van der Waals surface area contributed by atoms with Gasteiger partial charge in [0.1, 0.15) is 5.75 Å². The van der Waals surface area contributed by atoms with Gasteiger partial charge in [-0.15, -0.1) is 0 Å². The number of rotatable bonds is 4. The molecule has 1 aromatic carbocycles. The second-order valence-electron chi connectivity index (χ2n) is 5.63. The average molecular weight is 312 g/mol. The zero-order valence-electron chi connectivity index (χ0n) is 13.3. The Labute approximate surface area is 135 Å². The first-order valence-electron chi connectivity index (χ1n) is 7.79. The van der Waals surface area contributed by atoms with Crippen LogP contribution in [-0.4, -0.2) is 23.1 Å². The van der Waals surface area contributed by atoms with Gasteiger partial charge in [-0.05, 0) is 37.0 Å². The summed E-state index contributed by atoms with van der Waals surface area (Å²) in [4.78, 5) is 17.0. The van der Waals surface area contributed by atoms with Crippen molar-refractivity contribution >= 4 is 11.6 Å². The third-order valence-corrected chi connectivity index (χ3v) is 4.29. The number of pyridine rings is 1. The largest absolute Gasteiger partial charge is 0.508 e. The number of aromatic nitrogens is 1. The van der Waals surface area contributed by atoms with Crippen LogP contribution in [0.3, 0.4) is 0 Å². The zero-order chi connectivity index (χ0) is 16.4. The monoisotopic (exact) mass is 312 g/mol. The van der Waals surface area contributed by atoms with Gasteiger partial charge in [-0.3, -0.25) is 4.79 Å². The quantitative estimate of drug-likeness (QED) is 0.910. The van der Waals surface area contributed by atoms with Crippen LogP contribution in [0, 0.1) is 0 Å². The van der Waals surface area contributed by atoms with E-state index in [2.05, 4.69) is 10.3 Å². The van der Waals surface area contributed by atoms with Gasteiger partial charge in [-0.1, -0.05) is 19.1 Å². The van der Waals surface area contributed by atoms with Gasteiger partial charge in [0.15, 0.2) is 0 Å². The zero-order valence-corrected chi connectivity index (χ0v) is 13.3. The molecule has 3 rings (SSSR count). The van der Waals surface area contributed by atoms with E-state index in [1.807, 2.05) is 25.1 Å². The van der Waals surface area contributed by atoms with Crippen molar-refractivity contribution in [3.05, 3.63) is 47.2 Å². The van der Waals surface area contributed by atoms with Crippen molar-refractivity contribution in [1.29, 1.82) is 0 Å². The first-order valence-corrected chi connectivity index (χ1v) is 7.79. The lowest BCUT2D eigenvalue weighted by molar-refractivity contribution is -0.117. The van der Waals surface area contributed by atoms with Crippen LogP contribution in [0.15, 0.2) is 30.3 Å². The summed E-state index contributed by atoms with van der Waals surface area (Å²) in [6.45, 7) is 1.98. The first-order chi connectivity index (χ1) is 11.1. The second-order valence-corrected chi connectivity index (χ2v) is 5.63. The van der Waals surface area contributed by atoms with Crippen LogP contribution in [0.4, 0.5) is 5.69 Å². The molecule has 0 fully saturated rings. The Bertz CT molecular complexity index is 743. The van der Waals surface area contributed by atoms with Gasteiger partial charge >= 0.3 is 0 Å². The van der Waals surface area contributed by atoms with Gasteiger partial charge in [-0.2, -0.15) is 0 Å². The number of nitrogens with one attached hydrogen (secondary N) is 1. The standard InChI is InChI=1S/C18H20N2O3/c1-3-13-14(9-10-16(19-13)23-2)20-18(22)12-8-7-11-5-4-6-15(21)17(11)12/h4-6,9-10,12,21H,3,7-8H2,1-2H3,(H,20,22). The van der Waals surface area contributed by atoms with Crippen molar-refractivity contribution < 1.29 is 14.6 Å². The van der Waals surface area contributed by atoms with E-state index in [0.717, 1.165) is 23.2 Å². The highest BCUT2D eigenvalue weighted by molar-refractivity contribution is 5.97. The Balaban J connectivity index is 1.84. The van der Waals surface area contributed by atoms with Gasteiger partial charge in [0.05, 0.1) is 24.4 Å². The lowest BCUT2D eigenvalue weighted by Crippen LogP contribution is -2.20. The van der Waals surface area contributed by atoms with E-state index >= 15 is 0 Å². The Morgan fingerprint density at radius 1 is 1.39 bits per heavy atom. The van der Waals surface area contributed by atoms with Gasteiger partial charge in [0, 0.05) is 11.6 Å². The number of carbonyl (C=O) groups excluding carboxylic acids is 1. The Kier molecular flexibility index (Phi) is 4.19. The third kappa shape index (κ3) is 2.86. The van der Waals surface area contributed by atoms with E-state index in [1.54, 1.807) is 19.2 Å². The summed E-state index contributed by atoms with van der Waals surface area (Å²) in [7, 11) is 1.57. The molecule has 2 N–H and O–H groups in total. The van der Waals surface area contributed by atoms with Crippen molar-refractivity contribution in [3.63, 3.8) is 0 Å². The minimum atomic E-state index is -0.321. The van der Waals surface area contributed by atoms with Crippen molar-refractivity contribution in [3.8, 4) is 11.6 Å². The molecule has 1 heterocycles. The Morgan fingerprint density at radius 2 is 2.22 bits per heavy atom. The topological polar surface area (TPSA) is 71.5 Å². The number of aryl methyl sites for hydroxylation is 2. The van der Waals surface area contributed by atoms with E-state index in [-0.39, 0.29) is 17.6 Å². The number of benzene rings is 1. The van der Waals surface area contributed by atoms with E-state index in [1.165, 1.54) is 0 Å². The molecule has 1 aliphatic rings. The number of carbonyl (C=O) groups is 1. The van der Waals surface area contributed by atoms with Crippen molar-refractivity contribution in [2.75, 3.05) is 12.4 Å². The fourth-order valence-electron chi connectivity index (χ4n) is 3.12. The molecule has 0 radical (unpaired) electrons. The van der Waals surface area contributed by atoms with Crippen LogP contribution < -0.4 is 10.1 Å². The molecule has 0 bridgehead atoms. The second kappa shape index (κ2) is 6.28. The number of ether oxygens (including phenoxy) is 1. The van der Waals surface area contributed by atoms with Crippen LogP contribution >= 0.6 is 0 Å². The summed E-state index contributed by atoms with van der Waals surface area (Å²) in [5.74, 6) is 0.303. The minimum Gasteiger partial charge on any atom is -0.508 e. The molecule has 1 aromatic heterocycles. The Morgan fingerprint density at radius 3 is 2.96 bits per heavy atom. The molecule has 1 unspecified atom stereocenters. The number of hydrogen-bond donors (Lipinski definition) is 2. The van der Waals surface area contributed by atoms with E-state index in [4.69, 9.17) is 4.74 Å². The van der Waals surface area contributed by atoms with Gasteiger partial charge in [-0.25, -0.2) is 4.98 Å². The number of anilines is 1. The normalized spacial score (nSPS) is 16.0. The molecule has 2 aromatic rings. The molecule has 5 nitrogen and oxygen atoms in total. The lowest BCUT2D eigenvalue weighted by Gasteiger charge is -2.15.